The SMILES string of the molecule is CC1(C)CCC(C)(C)c2c(-c3ccccc3-n3c4ccccc4c4ccc5c6ccccc6n(-c6nc(-c7ccccc7)nc(-c7ccccc7-c7ccccc7)n6)c5c43)cccc21. The summed E-state index contributed by atoms with van der Waals surface area (Å²) in [4.78, 5) is 16.2. The highest BCUT2D eigenvalue weighted by atomic mass is 15.2. The van der Waals surface area contributed by atoms with Crippen LogP contribution in [-0.4, -0.2) is 24.1 Å². The van der Waals surface area contributed by atoms with E-state index in [4.69, 9.17) is 15.0 Å². The van der Waals surface area contributed by atoms with Crippen molar-refractivity contribution >= 4 is 43.6 Å². The van der Waals surface area contributed by atoms with Crippen LogP contribution in [-0.2, 0) is 10.8 Å². The van der Waals surface area contributed by atoms with Crippen LogP contribution in [0.25, 0.3) is 100 Å². The van der Waals surface area contributed by atoms with Gasteiger partial charge in [0.15, 0.2) is 11.6 Å². The van der Waals surface area contributed by atoms with E-state index in [1.54, 1.807) is 0 Å². The fraction of sp³-hybridized carbons (Fsp3) is 0.136. The average molecular weight is 826 g/mol. The second-order valence-corrected chi connectivity index (χ2v) is 18.6. The maximum atomic E-state index is 5.50. The number of aromatic nitrogens is 5. The summed E-state index contributed by atoms with van der Waals surface area (Å²) in [6.45, 7) is 9.69. The second kappa shape index (κ2) is 14.5. The summed E-state index contributed by atoms with van der Waals surface area (Å²) in [5.41, 5.74) is 15.1. The molecule has 0 N–H and O–H groups in total. The minimum Gasteiger partial charge on any atom is -0.307 e. The first kappa shape index (κ1) is 38.1. The van der Waals surface area contributed by atoms with Crippen LogP contribution >= 0.6 is 0 Å². The summed E-state index contributed by atoms with van der Waals surface area (Å²) in [6.07, 6.45) is 2.30. The first-order valence-corrected chi connectivity index (χ1v) is 22.4. The Kier molecular flexibility index (Phi) is 8.61. The molecule has 5 nitrogen and oxygen atoms in total. The highest BCUT2D eigenvalue weighted by Crippen LogP contribution is 2.51. The summed E-state index contributed by atoms with van der Waals surface area (Å²) >= 11 is 0. The van der Waals surface area contributed by atoms with Crippen molar-refractivity contribution in [3.05, 3.63) is 199 Å². The van der Waals surface area contributed by atoms with Crippen LogP contribution < -0.4 is 0 Å². The van der Waals surface area contributed by atoms with Crippen molar-refractivity contribution < 1.29 is 0 Å². The minimum atomic E-state index is 0.0149. The molecule has 12 rings (SSSR count). The van der Waals surface area contributed by atoms with Crippen LogP contribution in [0.3, 0.4) is 0 Å². The molecule has 8 aromatic carbocycles. The maximum absolute atomic E-state index is 5.50. The van der Waals surface area contributed by atoms with E-state index in [0.29, 0.717) is 17.6 Å². The lowest BCUT2D eigenvalue weighted by Crippen LogP contribution is -2.34. The molecule has 64 heavy (non-hydrogen) atoms. The molecule has 0 amide bonds. The van der Waals surface area contributed by atoms with Crippen LogP contribution in [0.15, 0.2) is 188 Å². The van der Waals surface area contributed by atoms with Gasteiger partial charge in [0.25, 0.3) is 0 Å². The molecule has 0 spiro atoms. The molecule has 0 unspecified atom stereocenters. The monoisotopic (exact) mass is 825 g/mol. The Morgan fingerprint density at radius 1 is 0.375 bits per heavy atom. The lowest BCUT2D eigenvalue weighted by Gasteiger charge is -2.43. The van der Waals surface area contributed by atoms with Crippen molar-refractivity contribution in [3.63, 3.8) is 0 Å². The number of fused-ring (bicyclic) bond motifs is 8. The van der Waals surface area contributed by atoms with E-state index in [1.807, 2.05) is 18.2 Å². The van der Waals surface area contributed by atoms with Gasteiger partial charge in [0.05, 0.1) is 27.8 Å². The molecular weight excluding hydrogens is 779 g/mol. The van der Waals surface area contributed by atoms with Crippen LogP contribution in [0.1, 0.15) is 51.7 Å². The van der Waals surface area contributed by atoms with E-state index in [-0.39, 0.29) is 10.8 Å². The molecule has 1 aliphatic rings. The van der Waals surface area contributed by atoms with Crippen molar-refractivity contribution in [2.24, 2.45) is 0 Å². The third-order valence-electron chi connectivity index (χ3n) is 13.9. The number of nitrogens with zero attached hydrogens (tertiary/aromatic N) is 5. The number of hydrogen-bond acceptors (Lipinski definition) is 3. The molecule has 3 aromatic heterocycles. The first-order chi connectivity index (χ1) is 31.3. The highest BCUT2D eigenvalue weighted by molar-refractivity contribution is 6.24. The fourth-order valence-corrected chi connectivity index (χ4v) is 10.7. The van der Waals surface area contributed by atoms with Gasteiger partial charge in [-0.2, -0.15) is 9.97 Å². The van der Waals surface area contributed by atoms with Gasteiger partial charge in [0.1, 0.15) is 0 Å². The Morgan fingerprint density at radius 3 is 1.59 bits per heavy atom. The van der Waals surface area contributed by atoms with E-state index < -0.39 is 0 Å². The average Bonchev–Trinajstić information content (AvgIpc) is 3.86. The third-order valence-corrected chi connectivity index (χ3v) is 13.9. The molecule has 0 saturated heterocycles. The van der Waals surface area contributed by atoms with Crippen molar-refractivity contribution in [1.29, 1.82) is 0 Å². The zero-order valence-corrected chi connectivity index (χ0v) is 36.5. The van der Waals surface area contributed by atoms with Gasteiger partial charge < -0.3 is 4.57 Å². The summed E-state index contributed by atoms with van der Waals surface area (Å²) in [6, 6.07) is 67.4. The van der Waals surface area contributed by atoms with Gasteiger partial charge in [-0.3, -0.25) is 4.57 Å². The van der Waals surface area contributed by atoms with Crippen molar-refractivity contribution in [2.75, 3.05) is 0 Å². The largest absolute Gasteiger partial charge is 0.307 e. The Bertz CT molecular complexity index is 3610. The number of benzene rings is 8. The van der Waals surface area contributed by atoms with E-state index in [0.717, 1.165) is 73.6 Å². The first-order valence-electron chi connectivity index (χ1n) is 22.4. The highest BCUT2D eigenvalue weighted by Gasteiger charge is 2.39. The van der Waals surface area contributed by atoms with E-state index >= 15 is 0 Å². The summed E-state index contributed by atoms with van der Waals surface area (Å²) in [5.74, 6) is 1.80. The third kappa shape index (κ3) is 5.87. The molecule has 5 heteroatoms. The zero-order chi connectivity index (χ0) is 43.2. The fourth-order valence-electron chi connectivity index (χ4n) is 10.7. The van der Waals surface area contributed by atoms with Gasteiger partial charge in [-0.15, -0.1) is 0 Å². The smallest absolute Gasteiger partial charge is 0.238 e. The molecule has 0 aliphatic heterocycles. The lowest BCUT2D eigenvalue weighted by molar-refractivity contribution is 0.333. The van der Waals surface area contributed by atoms with E-state index in [1.165, 1.54) is 33.0 Å². The Hall–Kier alpha value is -7.63. The van der Waals surface area contributed by atoms with Gasteiger partial charge in [-0.05, 0) is 69.7 Å². The molecule has 0 fully saturated rings. The standard InChI is InChI=1S/C59H47N5/c1-58(2)36-37-59(3,4)52-44(29-19-30-48(52)58)41-25-13-16-31-49(41)63-50-32-17-14-26-42(50)45-34-35-46-43-27-15-18-33-51(43)64(54(46)53(45)63)57-61-55(39-22-9-6-10-23-39)60-56(62-57)47-28-12-11-24-40(47)38-20-7-5-8-21-38/h5-35H,36-37H2,1-4H3. The normalized spacial score (nSPS) is 14.4. The number of para-hydroxylation sites is 3. The topological polar surface area (TPSA) is 48.5 Å². The quantitative estimate of drug-likeness (QED) is 0.168. The lowest BCUT2D eigenvalue weighted by atomic mass is 9.61. The molecule has 308 valence electrons. The Labute approximate surface area is 373 Å². The Morgan fingerprint density at radius 2 is 0.891 bits per heavy atom. The van der Waals surface area contributed by atoms with Crippen molar-refractivity contribution in [2.45, 2.75) is 51.4 Å². The van der Waals surface area contributed by atoms with E-state index in [2.05, 4.69) is 207 Å². The molecule has 0 atom stereocenters. The summed E-state index contributed by atoms with van der Waals surface area (Å²) in [5, 5.41) is 4.64. The molecule has 0 radical (unpaired) electrons. The predicted molar refractivity (Wildman–Crippen MR) is 266 cm³/mol. The van der Waals surface area contributed by atoms with Gasteiger partial charge in [0.2, 0.25) is 5.95 Å². The van der Waals surface area contributed by atoms with Crippen LogP contribution in [0.5, 0.6) is 0 Å². The Balaban J connectivity index is 1.21. The van der Waals surface area contributed by atoms with Crippen LogP contribution in [0.2, 0.25) is 0 Å². The van der Waals surface area contributed by atoms with Gasteiger partial charge in [-0.25, -0.2) is 4.98 Å². The predicted octanol–water partition coefficient (Wildman–Crippen LogP) is 15.1. The minimum absolute atomic E-state index is 0.0149. The van der Waals surface area contributed by atoms with E-state index in [9.17, 15) is 0 Å². The zero-order valence-electron chi connectivity index (χ0n) is 36.5. The molecular formula is C59H47N5. The van der Waals surface area contributed by atoms with Crippen LogP contribution in [0.4, 0.5) is 0 Å². The summed E-state index contributed by atoms with van der Waals surface area (Å²) in [7, 11) is 0. The maximum Gasteiger partial charge on any atom is 0.238 e. The van der Waals surface area contributed by atoms with Gasteiger partial charge in [0, 0.05) is 38.2 Å². The number of rotatable bonds is 6. The van der Waals surface area contributed by atoms with Gasteiger partial charge in [-0.1, -0.05) is 198 Å². The molecule has 0 bridgehead atoms. The van der Waals surface area contributed by atoms with Gasteiger partial charge >= 0.3 is 0 Å². The number of hydrogen-bond donors (Lipinski definition) is 0. The van der Waals surface area contributed by atoms with Crippen LogP contribution in [0, 0.1) is 0 Å². The molecule has 3 heterocycles. The second-order valence-electron chi connectivity index (χ2n) is 18.6. The summed E-state index contributed by atoms with van der Waals surface area (Å²) < 4.78 is 4.81. The molecule has 1 aliphatic carbocycles. The van der Waals surface area contributed by atoms with Crippen molar-refractivity contribution in [1.82, 2.24) is 24.1 Å². The molecule has 11 aromatic rings. The van der Waals surface area contributed by atoms with Crippen molar-refractivity contribution in [3.8, 4) is 56.7 Å². The molecule has 0 saturated carbocycles.